The Morgan fingerprint density at radius 1 is 0.960 bits per heavy atom. The van der Waals surface area contributed by atoms with E-state index >= 15 is 0 Å². The zero-order chi connectivity index (χ0) is 18.0. The van der Waals surface area contributed by atoms with E-state index in [0.29, 0.717) is 25.1 Å². The van der Waals surface area contributed by atoms with Crippen LogP contribution in [0.3, 0.4) is 0 Å². The van der Waals surface area contributed by atoms with Crippen molar-refractivity contribution in [1.82, 2.24) is 5.32 Å². The summed E-state index contributed by atoms with van der Waals surface area (Å²) in [6.45, 7) is 1.82. The molecule has 1 atom stereocenters. The van der Waals surface area contributed by atoms with E-state index < -0.39 is 34.8 Å². The fourth-order valence-electron chi connectivity index (χ4n) is 2.55. The molecule has 2 aromatic carbocycles. The van der Waals surface area contributed by atoms with Crippen molar-refractivity contribution in [3.63, 3.8) is 0 Å². The molecule has 134 valence electrons. The minimum atomic E-state index is -2.22. The molecule has 1 saturated heterocycles. The summed E-state index contributed by atoms with van der Waals surface area (Å²) in [7, 11) is 0. The van der Waals surface area contributed by atoms with Crippen LogP contribution in [0.5, 0.6) is 11.5 Å². The van der Waals surface area contributed by atoms with E-state index in [4.69, 9.17) is 9.47 Å². The number of hydrogen-bond acceptors (Lipinski definition) is 3. The molecule has 1 N–H and O–H groups in total. The molecule has 1 heterocycles. The number of ether oxygens (including phenoxy) is 2. The Kier molecular flexibility index (Phi) is 5.19. The Balaban J connectivity index is 1.91. The minimum Gasteiger partial charge on any atom is -0.451 e. The van der Waals surface area contributed by atoms with E-state index in [1.54, 1.807) is 12.1 Å². The van der Waals surface area contributed by atoms with E-state index in [2.05, 4.69) is 5.32 Å². The Bertz CT molecular complexity index is 749. The fraction of sp³-hybridized carbons (Fsp3) is 0.294. The quantitative estimate of drug-likeness (QED) is 0.513. The Hall–Kier alpha value is -2.19. The molecule has 0 bridgehead atoms. The number of nitrogens with one attached hydrogen (secondary N) is 1. The maximum absolute atomic E-state index is 13.8. The van der Waals surface area contributed by atoms with E-state index in [9.17, 15) is 22.0 Å². The van der Waals surface area contributed by atoms with Crippen molar-refractivity contribution in [3.05, 3.63) is 58.9 Å². The number of hydrogen-bond donors (Lipinski definition) is 1. The lowest BCUT2D eigenvalue weighted by atomic mass is 10.1. The molecule has 1 aliphatic heterocycles. The monoisotopic (exact) mass is 359 g/mol. The highest BCUT2D eigenvalue weighted by atomic mass is 19.2. The predicted molar refractivity (Wildman–Crippen MR) is 79.1 cm³/mol. The summed E-state index contributed by atoms with van der Waals surface area (Å²) in [5.74, 6) is -11.7. The van der Waals surface area contributed by atoms with Gasteiger partial charge in [0.25, 0.3) is 0 Å². The zero-order valence-corrected chi connectivity index (χ0v) is 12.9. The molecule has 3 nitrogen and oxygen atoms in total. The van der Waals surface area contributed by atoms with Gasteiger partial charge >= 0.3 is 0 Å². The highest BCUT2D eigenvalue weighted by Gasteiger charge is 2.28. The van der Waals surface area contributed by atoms with Gasteiger partial charge in [0.15, 0.2) is 0 Å². The molecule has 8 heteroatoms. The third-order valence-electron chi connectivity index (χ3n) is 3.81. The lowest BCUT2D eigenvalue weighted by molar-refractivity contribution is 0.0289. The van der Waals surface area contributed by atoms with Gasteiger partial charge in [-0.3, -0.25) is 0 Å². The maximum Gasteiger partial charge on any atom is 0.207 e. The molecule has 2 aromatic rings. The average Bonchev–Trinajstić information content (AvgIpc) is 2.64. The van der Waals surface area contributed by atoms with E-state index in [0.717, 1.165) is 6.54 Å². The predicted octanol–water partition coefficient (Wildman–Crippen LogP) is 3.71. The number of para-hydroxylation sites is 1. The highest BCUT2D eigenvalue weighted by Crippen LogP contribution is 2.34. The van der Waals surface area contributed by atoms with Crippen LogP contribution in [0.25, 0.3) is 0 Å². The minimum absolute atomic E-state index is 0.000110. The van der Waals surface area contributed by atoms with Crippen LogP contribution < -0.4 is 10.1 Å². The van der Waals surface area contributed by atoms with Crippen molar-refractivity contribution < 1.29 is 31.4 Å². The molecule has 0 unspecified atom stereocenters. The lowest BCUT2D eigenvalue weighted by Crippen LogP contribution is -2.39. The number of rotatable bonds is 4. The Morgan fingerprint density at radius 3 is 2.24 bits per heavy atom. The van der Waals surface area contributed by atoms with Crippen molar-refractivity contribution in [2.45, 2.75) is 12.5 Å². The molecule has 1 aliphatic rings. The van der Waals surface area contributed by atoms with Gasteiger partial charge in [-0.15, -0.1) is 0 Å². The Labute approximate surface area is 140 Å². The van der Waals surface area contributed by atoms with Crippen LogP contribution in [-0.4, -0.2) is 25.8 Å². The zero-order valence-electron chi connectivity index (χ0n) is 12.9. The summed E-state index contributed by atoms with van der Waals surface area (Å²) in [4.78, 5) is 0. The first-order valence-corrected chi connectivity index (χ1v) is 7.58. The van der Waals surface area contributed by atoms with Gasteiger partial charge in [0.2, 0.25) is 34.8 Å². The molecule has 0 spiro atoms. The van der Waals surface area contributed by atoms with Crippen LogP contribution >= 0.6 is 0 Å². The summed E-state index contributed by atoms with van der Waals surface area (Å²) in [6, 6.07) is 6.24. The molecule has 25 heavy (non-hydrogen) atoms. The summed E-state index contributed by atoms with van der Waals surface area (Å²) in [6.07, 6.45) is 0.174. The van der Waals surface area contributed by atoms with Crippen LogP contribution in [0.2, 0.25) is 0 Å². The van der Waals surface area contributed by atoms with Gasteiger partial charge in [-0.2, -0.15) is 8.78 Å². The number of morpholine rings is 1. The molecule has 0 radical (unpaired) electrons. The van der Waals surface area contributed by atoms with Gasteiger partial charge in [-0.05, 0) is 11.6 Å². The first-order valence-electron chi connectivity index (χ1n) is 7.58. The van der Waals surface area contributed by atoms with Crippen LogP contribution in [0.15, 0.2) is 24.3 Å². The smallest absolute Gasteiger partial charge is 0.207 e. The number of benzene rings is 2. The van der Waals surface area contributed by atoms with Crippen LogP contribution in [0, 0.1) is 29.1 Å². The van der Waals surface area contributed by atoms with Crippen molar-refractivity contribution in [2.75, 3.05) is 19.7 Å². The van der Waals surface area contributed by atoms with E-state index in [1.807, 2.05) is 0 Å². The largest absolute Gasteiger partial charge is 0.451 e. The van der Waals surface area contributed by atoms with Gasteiger partial charge in [0.05, 0.1) is 12.7 Å². The molecule has 0 amide bonds. The van der Waals surface area contributed by atoms with Crippen LogP contribution in [0.4, 0.5) is 22.0 Å². The van der Waals surface area contributed by atoms with E-state index in [1.165, 1.54) is 12.1 Å². The summed E-state index contributed by atoms with van der Waals surface area (Å²) >= 11 is 0. The maximum atomic E-state index is 13.8. The first kappa shape index (κ1) is 17.6. The van der Waals surface area contributed by atoms with Gasteiger partial charge in [0, 0.05) is 19.5 Å². The molecular weight excluding hydrogens is 345 g/mol. The van der Waals surface area contributed by atoms with Crippen LogP contribution in [-0.2, 0) is 11.2 Å². The van der Waals surface area contributed by atoms with Gasteiger partial charge in [0.1, 0.15) is 5.75 Å². The lowest BCUT2D eigenvalue weighted by Gasteiger charge is -2.24. The average molecular weight is 359 g/mol. The summed E-state index contributed by atoms with van der Waals surface area (Å²) < 4.78 is 77.9. The second-order valence-corrected chi connectivity index (χ2v) is 5.51. The van der Waals surface area contributed by atoms with Crippen molar-refractivity contribution in [2.24, 2.45) is 0 Å². The van der Waals surface area contributed by atoms with Crippen molar-refractivity contribution in [1.29, 1.82) is 0 Å². The summed E-state index contributed by atoms with van der Waals surface area (Å²) in [5, 5.41) is 3.14. The topological polar surface area (TPSA) is 30.5 Å². The summed E-state index contributed by atoms with van der Waals surface area (Å²) in [5.41, 5.74) is 0.528. The molecule has 0 aromatic heterocycles. The second kappa shape index (κ2) is 7.37. The Morgan fingerprint density at radius 2 is 1.60 bits per heavy atom. The number of halogens is 5. The third-order valence-corrected chi connectivity index (χ3v) is 3.81. The van der Waals surface area contributed by atoms with Crippen molar-refractivity contribution >= 4 is 0 Å². The SMILES string of the molecule is Fc1c(F)c(F)c(Oc2ccccc2C[C@H]2CNCCO2)c(F)c1F. The second-order valence-electron chi connectivity index (χ2n) is 5.51. The fourth-order valence-corrected chi connectivity index (χ4v) is 2.55. The van der Waals surface area contributed by atoms with Crippen LogP contribution in [0.1, 0.15) is 5.56 Å². The molecule has 0 saturated carbocycles. The van der Waals surface area contributed by atoms with Gasteiger partial charge < -0.3 is 14.8 Å². The molecule has 3 rings (SSSR count). The third kappa shape index (κ3) is 3.59. The normalized spacial score (nSPS) is 17.6. The van der Waals surface area contributed by atoms with Gasteiger partial charge in [-0.1, -0.05) is 18.2 Å². The van der Waals surface area contributed by atoms with E-state index in [-0.39, 0.29) is 11.9 Å². The standard InChI is InChI=1S/C17H14F5NO2/c18-12-13(19)15(21)17(16(22)14(12)20)25-11-4-2-1-3-9(11)7-10-8-23-5-6-24-10/h1-4,10,23H,5-8H2/t10-/m0/s1. The first-order chi connectivity index (χ1) is 12.0. The molecule has 0 aliphatic carbocycles. The molecule has 1 fully saturated rings. The highest BCUT2D eigenvalue weighted by molar-refractivity contribution is 5.40. The van der Waals surface area contributed by atoms with Gasteiger partial charge in [-0.25, -0.2) is 13.2 Å². The molecular formula is C17H14F5NO2. The van der Waals surface area contributed by atoms with Crippen molar-refractivity contribution in [3.8, 4) is 11.5 Å².